The molecule has 128 valence electrons. The van der Waals surface area contributed by atoms with E-state index in [1.165, 1.54) is 0 Å². The summed E-state index contributed by atoms with van der Waals surface area (Å²) in [4.78, 5) is 14.1. The number of aliphatic hydroxyl groups excluding tert-OH is 1. The fourth-order valence-corrected chi connectivity index (χ4v) is 2.98. The van der Waals surface area contributed by atoms with E-state index in [0.717, 1.165) is 24.2 Å². The SMILES string of the molecule is COc1ccccc1CCNC(=O)CN1C[C@H](OC)C[C@H]1CO. The molecule has 2 N–H and O–H groups in total. The van der Waals surface area contributed by atoms with E-state index in [4.69, 9.17) is 9.47 Å². The van der Waals surface area contributed by atoms with Gasteiger partial charge in [-0.2, -0.15) is 0 Å². The standard InChI is InChI=1S/C17H26N2O4/c1-22-15-9-14(12-20)19(10-15)11-17(21)18-8-7-13-5-3-4-6-16(13)23-2/h3-6,14-15,20H,7-12H2,1-2H3,(H,18,21)/t14-,15+/m0/s1. The van der Waals surface area contributed by atoms with E-state index in [1.807, 2.05) is 29.2 Å². The predicted molar refractivity (Wildman–Crippen MR) is 87.6 cm³/mol. The Morgan fingerprint density at radius 2 is 2.17 bits per heavy atom. The van der Waals surface area contributed by atoms with Crippen LogP contribution in [0.15, 0.2) is 24.3 Å². The zero-order valence-electron chi connectivity index (χ0n) is 13.8. The number of methoxy groups -OCH3 is 2. The van der Waals surface area contributed by atoms with Gasteiger partial charge in [0.2, 0.25) is 5.91 Å². The first kappa shape index (κ1) is 17.7. The van der Waals surface area contributed by atoms with Gasteiger partial charge in [-0.3, -0.25) is 9.69 Å². The van der Waals surface area contributed by atoms with Crippen LogP contribution in [-0.4, -0.2) is 68.5 Å². The second-order valence-electron chi connectivity index (χ2n) is 5.77. The van der Waals surface area contributed by atoms with Crippen molar-refractivity contribution in [2.75, 3.05) is 40.5 Å². The van der Waals surface area contributed by atoms with Crippen LogP contribution in [0, 0.1) is 0 Å². The zero-order valence-corrected chi connectivity index (χ0v) is 13.8. The van der Waals surface area contributed by atoms with Gasteiger partial charge < -0.3 is 19.9 Å². The molecule has 2 atom stereocenters. The first-order valence-corrected chi connectivity index (χ1v) is 7.94. The van der Waals surface area contributed by atoms with E-state index in [9.17, 15) is 9.90 Å². The van der Waals surface area contributed by atoms with Crippen LogP contribution >= 0.6 is 0 Å². The van der Waals surface area contributed by atoms with Gasteiger partial charge in [-0.25, -0.2) is 0 Å². The summed E-state index contributed by atoms with van der Waals surface area (Å²) < 4.78 is 10.6. The number of carbonyl (C=O) groups is 1. The summed E-state index contributed by atoms with van der Waals surface area (Å²) in [6, 6.07) is 7.80. The Kier molecular flexibility index (Phi) is 6.83. The maximum atomic E-state index is 12.1. The lowest BCUT2D eigenvalue weighted by Crippen LogP contribution is -2.41. The van der Waals surface area contributed by atoms with Gasteiger partial charge in [-0.1, -0.05) is 18.2 Å². The highest BCUT2D eigenvalue weighted by atomic mass is 16.5. The molecule has 1 aliphatic rings. The first-order chi connectivity index (χ1) is 11.2. The molecular formula is C17H26N2O4. The van der Waals surface area contributed by atoms with Crippen molar-refractivity contribution in [1.82, 2.24) is 10.2 Å². The van der Waals surface area contributed by atoms with Gasteiger partial charge in [-0.15, -0.1) is 0 Å². The molecule has 1 aromatic carbocycles. The lowest BCUT2D eigenvalue weighted by Gasteiger charge is -2.21. The highest BCUT2D eigenvalue weighted by molar-refractivity contribution is 5.78. The molecule has 23 heavy (non-hydrogen) atoms. The molecule has 0 saturated carbocycles. The fourth-order valence-electron chi connectivity index (χ4n) is 2.98. The molecule has 0 spiro atoms. The van der Waals surface area contributed by atoms with Crippen molar-refractivity contribution >= 4 is 5.91 Å². The molecule has 0 unspecified atom stereocenters. The molecule has 0 aromatic heterocycles. The quantitative estimate of drug-likeness (QED) is 0.726. The van der Waals surface area contributed by atoms with E-state index in [1.54, 1.807) is 14.2 Å². The van der Waals surface area contributed by atoms with Crippen molar-refractivity contribution in [2.45, 2.75) is 25.0 Å². The topological polar surface area (TPSA) is 71.0 Å². The van der Waals surface area contributed by atoms with Crippen LogP contribution < -0.4 is 10.1 Å². The third-order valence-corrected chi connectivity index (χ3v) is 4.29. The van der Waals surface area contributed by atoms with Crippen LogP contribution in [0.3, 0.4) is 0 Å². The lowest BCUT2D eigenvalue weighted by molar-refractivity contribution is -0.122. The Bertz CT molecular complexity index is 509. The van der Waals surface area contributed by atoms with E-state index < -0.39 is 0 Å². The van der Waals surface area contributed by atoms with Crippen molar-refractivity contribution in [3.05, 3.63) is 29.8 Å². The summed E-state index contributed by atoms with van der Waals surface area (Å²) in [6.07, 6.45) is 1.58. The summed E-state index contributed by atoms with van der Waals surface area (Å²) >= 11 is 0. The van der Waals surface area contributed by atoms with Crippen molar-refractivity contribution < 1.29 is 19.4 Å². The Hall–Kier alpha value is -1.63. The molecule has 0 radical (unpaired) electrons. The minimum absolute atomic E-state index is 0.0000765. The van der Waals surface area contributed by atoms with E-state index in [2.05, 4.69) is 5.32 Å². The Morgan fingerprint density at radius 3 is 2.87 bits per heavy atom. The van der Waals surface area contributed by atoms with Crippen molar-refractivity contribution in [3.63, 3.8) is 0 Å². The highest BCUT2D eigenvalue weighted by Crippen LogP contribution is 2.19. The van der Waals surface area contributed by atoms with Gasteiger partial charge in [0.25, 0.3) is 0 Å². The number of ether oxygens (including phenoxy) is 2. The number of nitrogens with one attached hydrogen (secondary N) is 1. The maximum Gasteiger partial charge on any atom is 0.234 e. The van der Waals surface area contributed by atoms with Gasteiger partial charge in [0, 0.05) is 26.2 Å². The van der Waals surface area contributed by atoms with Gasteiger partial charge in [0.1, 0.15) is 5.75 Å². The van der Waals surface area contributed by atoms with Crippen molar-refractivity contribution in [3.8, 4) is 5.75 Å². The highest BCUT2D eigenvalue weighted by Gasteiger charge is 2.32. The summed E-state index contributed by atoms with van der Waals surface area (Å²) in [6.45, 7) is 1.58. The van der Waals surface area contributed by atoms with Gasteiger partial charge in [0.05, 0.1) is 26.4 Å². The van der Waals surface area contributed by atoms with E-state index in [0.29, 0.717) is 13.1 Å². The monoisotopic (exact) mass is 322 g/mol. The maximum absolute atomic E-state index is 12.1. The number of rotatable bonds is 8. The molecule has 0 aliphatic carbocycles. The van der Waals surface area contributed by atoms with Crippen molar-refractivity contribution in [1.29, 1.82) is 0 Å². The molecule has 1 aliphatic heterocycles. The molecular weight excluding hydrogens is 296 g/mol. The van der Waals surface area contributed by atoms with Crippen LogP contribution in [0.4, 0.5) is 0 Å². The average molecular weight is 322 g/mol. The van der Waals surface area contributed by atoms with Gasteiger partial charge >= 0.3 is 0 Å². The van der Waals surface area contributed by atoms with Crippen LogP contribution in [0.1, 0.15) is 12.0 Å². The number of hydrogen-bond donors (Lipinski definition) is 2. The molecule has 2 rings (SSSR count). The molecule has 1 saturated heterocycles. The van der Waals surface area contributed by atoms with E-state index >= 15 is 0 Å². The number of aliphatic hydroxyl groups is 1. The Balaban J connectivity index is 1.77. The molecule has 6 nitrogen and oxygen atoms in total. The largest absolute Gasteiger partial charge is 0.496 e. The molecule has 1 amide bonds. The second-order valence-corrected chi connectivity index (χ2v) is 5.77. The second kappa shape index (κ2) is 8.86. The predicted octanol–water partition coefficient (Wildman–Crippen LogP) is 0.436. The molecule has 1 heterocycles. The van der Waals surface area contributed by atoms with Crippen LogP contribution in [0.2, 0.25) is 0 Å². The summed E-state index contributed by atoms with van der Waals surface area (Å²) in [5.41, 5.74) is 1.07. The molecule has 1 aromatic rings. The van der Waals surface area contributed by atoms with Gasteiger partial charge in [-0.05, 0) is 24.5 Å². The summed E-state index contributed by atoms with van der Waals surface area (Å²) in [5.74, 6) is 0.805. The minimum Gasteiger partial charge on any atom is -0.496 e. The van der Waals surface area contributed by atoms with E-state index in [-0.39, 0.29) is 31.2 Å². The summed E-state index contributed by atoms with van der Waals surface area (Å²) in [7, 11) is 3.31. The molecule has 6 heteroatoms. The van der Waals surface area contributed by atoms with Crippen LogP contribution in [0.25, 0.3) is 0 Å². The number of carbonyl (C=O) groups excluding carboxylic acids is 1. The first-order valence-electron chi connectivity index (χ1n) is 7.94. The summed E-state index contributed by atoms with van der Waals surface area (Å²) in [5, 5.41) is 12.3. The number of benzene rings is 1. The minimum atomic E-state index is -0.0323. The number of likely N-dealkylation sites (tertiary alicyclic amines) is 1. The van der Waals surface area contributed by atoms with Crippen LogP contribution in [0.5, 0.6) is 5.75 Å². The number of hydrogen-bond acceptors (Lipinski definition) is 5. The number of para-hydroxylation sites is 1. The van der Waals surface area contributed by atoms with Crippen molar-refractivity contribution in [2.24, 2.45) is 0 Å². The number of amides is 1. The third kappa shape index (κ3) is 4.92. The number of nitrogens with zero attached hydrogens (tertiary/aromatic N) is 1. The zero-order chi connectivity index (χ0) is 16.7. The molecule has 1 fully saturated rings. The Morgan fingerprint density at radius 1 is 1.39 bits per heavy atom. The smallest absolute Gasteiger partial charge is 0.234 e. The molecule has 0 bridgehead atoms. The normalized spacial score (nSPS) is 21.3. The third-order valence-electron chi connectivity index (χ3n) is 4.29. The Labute approximate surface area is 137 Å². The fraction of sp³-hybridized carbons (Fsp3) is 0.588. The lowest BCUT2D eigenvalue weighted by atomic mass is 10.1. The van der Waals surface area contributed by atoms with Gasteiger partial charge in [0.15, 0.2) is 0 Å². The average Bonchev–Trinajstić information content (AvgIpc) is 2.97. The van der Waals surface area contributed by atoms with Crippen LogP contribution in [-0.2, 0) is 16.0 Å².